The first-order valence-corrected chi connectivity index (χ1v) is 20.5. The number of esters is 4. The van der Waals surface area contributed by atoms with Crippen molar-refractivity contribution in [3.63, 3.8) is 0 Å². The van der Waals surface area contributed by atoms with Crippen LogP contribution in [0.5, 0.6) is 0 Å². The van der Waals surface area contributed by atoms with E-state index < -0.39 is 5.79 Å². The van der Waals surface area contributed by atoms with E-state index in [9.17, 15) is 19.2 Å². The van der Waals surface area contributed by atoms with Crippen LogP contribution < -0.4 is 0 Å². The van der Waals surface area contributed by atoms with Crippen LogP contribution in [0.2, 0.25) is 0 Å². The van der Waals surface area contributed by atoms with Gasteiger partial charge in [0.1, 0.15) is 33.0 Å². The Bertz CT molecular complexity index is 923. The van der Waals surface area contributed by atoms with Crippen LogP contribution in [0.25, 0.3) is 0 Å². The summed E-state index contributed by atoms with van der Waals surface area (Å²) in [6.45, 7) is 26.8. The van der Waals surface area contributed by atoms with E-state index in [4.69, 9.17) is 38.3 Å². The smallest absolute Gasteiger partial charge is 0.495 e. The standard InChI is InChI=1S/C21H40O6.C12H22O3.C9H18O3/c1-7-11-17(9-3)19(22)24-13-15-26-21(5,6)27-16-14-25-20(23)18(10-4)12-8-2;1-5-7-11(6-2)12(13)15-9-8-14-10(3)4;1-3-5-8(4-2)9(11)12-7-6-10/h17-18H,7-16H2,1-6H3;11H,3,5-9H2,1-2,4H3;8,10H,3-7H2,1-2H3/p+1. The third kappa shape index (κ3) is 31.6. The Hall–Kier alpha value is -2.70. The third-order valence-electron chi connectivity index (χ3n) is 8.42. The van der Waals surface area contributed by atoms with Gasteiger partial charge in [0.15, 0.2) is 5.79 Å². The molecule has 0 fully saturated rings. The lowest BCUT2D eigenvalue weighted by Gasteiger charge is -2.26. The van der Waals surface area contributed by atoms with Crippen molar-refractivity contribution in [1.29, 1.82) is 0 Å². The summed E-state index contributed by atoms with van der Waals surface area (Å²) in [6, 6.07) is 0. The number of aliphatic hydroxyl groups excluding tert-OH is 1. The highest BCUT2D eigenvalue weighted by Gasteiger charge is 2.22. The molecule has 0 aromatic heterocycles. The molecule has 0 spiro atoms. The van der Waals surface area contributed by atoms with E-state index in [-0.39, 0.29) is 88.6 Å². The number of hydrogen-bond donors (Lipinski definition) is 1. The molecular formula is C42H81O12+. The number of rotatable bonds is 30. The fraction of sp³-hybridized carbons (Fsp3) is 0.857. The van der Waals surface area contributed by atoms with Crippen LogP contribution in [-0.2, 0) is 52.3 Å². The van der Waals surface area contributed by atoms with E-state index in [2.05, 4.69) is 27.4 Å². The molecule has 12 nitrogen and oxygen atoms in total. The largest absolute Gasteiger partial charge is 1.00 e. The molecule has 0 saturated carbocycles. The highest BCUT2D eigenvalue weighted by Crippen LogP contribution is 2.16. The van der Waals surface area contributed by atoms with Gasteiger partial charge in [0.2, 0.25) is 0 Å². The van der Waals surface area contributed by atoms with Crippen molar-refractivity contribution in [2.45, 2.75) is 159 Å². The molecule has 0 bridgehead atoms. The molecule has 4 atom stereocenters. The van der Waals surface area contributed by atoms with Gasteiger partial charge in [0.05, 0.1) is 49.3 Å². The molecule has 0 aromatic carbocycles. The predicted octanol–water partition coefficient (Wildman–Crippen LogP) is 8.86. The van der Waals surface area contributed by atoms with E-state index in [0.717, 1.165) is 77.0 Å². The Labute approximate surface area is 330 Å². The minimum absolute atomic E-state index is 0. The molecule has 0 aliphatic carbocycles. The summed E-state index contributed by atoms with van der Waals surface area (Å²) in [5.41, 5.74) is 0. The van der Waals surface area contributed by atoms with E-state index in [1.165, 1.54) is 0 Å². The molecule has 1 N–H and O–H groups in total. The van der Waals surface area contributed by atoms with Gasteiger partial charge in [-0.3, -0.25) is 19.2 Å². The molecule has 4 unspecified atom stereocenters. The van der Waals surface area contributed by atoms with Gasteiger partial charge >= 0.3 is 25.3 Å². The molecule has 54 heavy (non-hydrogen) atoms. The van der Waals surface area contributed by atoms with Crippen molar-refractivity contribution in [2.24, 2.45) is 23.7 Å². The van der Waals surface area contributed by atoms with Crippen molar-refractivity contribution in [2.75, 3.05) is 52.9 Å². The lowest BCUT2D eigenvalue weighted by atomic mass is 10.0. The minimum atomic E-state index is -0.833. The number of aliphatic hydroxyl groups is 1. The van der Waals surface area contributed by atoms with Gasteiger partial charge < -0.3 is 38.3 Å². The minimum Gasteiger partial charge on any atom is -0.495 e. The maximum atomic E-state index is 11.9. The summed E-state index contributed by atoms with van der Waals surface area (Å²) in [4.78, 5) is 46.6. The zero-order valence-corrected chi connectivity index (χ0v) is 36.1. The zero-order valence-electron chi connectivity index (χ0n) is 37.1. The number of hydrogen-bond acceptors (Lipinski definition) is 12. The van der Waals surface area contributed by atoms with Crippen molar-refractivity contribution in [1.82, 2.24) is 0 Å². The molecule has 0 radical (unpaired) electrons. The van der Waals surface area contributed by atoms with Crippen LogP contribution in [-0.4, -0.2) is 87.6 Å². The second-order valence-corrected chi connectivity index (χ2v) is 13.6. The topological polar surface area (TPSA) is 153 Å². The number of carbonyl (C=O) groups excluding carboxylic acids is 4. The van der Waals surface area contributed by atoms with Crippen LogP contribution in [0.15, 0.2) is 12.3 Å². The molecule has 12 heteroatoms. The van der Waals surface area contributed by atoms with Crippen LogP contribution in [0.1, 0.15) is 155 Å². The molecule has 0 aromatic rings. The summed E-state index contributed by atoms with van der Waals surface area (Å²) in [6.07, 6.45) is 10.6. The Morgan fingerprint density at radius 3 is 1.00 bits per heavy atom. The molecule has 0 amide bonds. The van der Waals surface area contributed by atoms with Gasteiger partial charge in [0, 0.05) is 0 Å². The highest BCUT2D eigenvalue weighted by molar-refractivity contribution is 5.73. The SMILES string of the molecule is C=C(C)OCCOC(=O)C(CC)CCC.CCCC(CC)C(=O)OCCO.CCCC(CC)C(=O)OCCOC(C)(C)OCCOC(=O)C(CC)CCC.[H+]. The summed E-state index contributed by atoms with van der Waals surface area (Å²) in [5.74, 6) is -0.800. The van der Waals surface area contributed by atoms with Gasteiger partial charge in [-0.2, -0.15) is 0 Å². The molecule has 0 aliphatic heterocycles. The Morgan fingerprint density at radius 1 is 0.500 bits per heavy atom. The average Bonchev–Trinajstić information content (AvgIpc) is 3.15. The molecule has 0 aliphatic rings. The maximum absolute atomic E-state index is 11.9. The lowest BCUT2D eigenvalue weighted by Crippen LogP contribution is -2.32. The molecule has 0 saturated heterocycles. The van der Waals surface area contributed by atoms with Crippen LogP contribution in [0.4, 0.5) is 0 Å². The lowest BCUT2D eigenvalue weighted by molar-refractivity contribution is -0.224. The van der Waals surface area contributed by atoms with Gasteiger partial charge in [-0.25, -0.2) is 0 Å². The normalized spacial score (nSPS) is 13.0. The van der Waals surface area contributed by atoms with E-state index in [1.807, 2.05) is 34.6 Å². The number of carbonyl (C=O) groups is 4. The van der Waals surface area contributed by atoms with E-state index in [1.54, 1.807) is 20.8 Å². The van der Waals surface area contributed by atoms with Gasteiger partial charge in [-0.1, -0.05) is 87.7 Å². The number of allylic oxidation sites excluding steroid dienone is 1. The third-order valence-corrected chi connectivity index (χ3v) is 8.42. The van der Waals surface area contributed by atoms with Gasteiger partial charge in [-0.15, -0.1) is 0 Å². The van der Waals surface area contributed by atoms with Crippen molar-refractivity contribution in [3.05, 3.63) is 12.3 Å². The second-order valence-electron chi connectivity index (χ2n) is 13.6. The zero-order chi connectivity index (χ0) is 41.8. The van der Waals surface area contributed by atoms with Gasteiger partial charge in [0.25, 0.3) is 0 Å². The number of ether oxygens (including phenoxy) is 7. The molecule has 0 rings (SSSR count). The Balaban J connectivity index is -0.000000391. The highest BCUT2D eigenvalue weighted by atomic mass is 16.7. The van der Waals surface area contributed by atoms with Crippen molar-refractivity contribution < 1.29 is 58.9 Å². The molecular weight excluding hydrogens is 696 g/mol. The second kappa shape index (κ2) is 37.2. The summed E-state index contributed by atoms with van der Waals surface area (Å²) in [7, 11) is 0. The first kappa shape index (κ1) is 55.6. The first-order valence-electron chi connectivity index (χ1n) is 20.5. The van der Waals surface area contributed by atoms with E-state index >= 15 is 0 Å². The fourth-order valence-corrected chi connectivity index (χ4v) is 5.23. The summed E-state index contributed by atoms with van der Waals surface area (Å²) < 4.78 is 36.8. The Morgan fingerprint density at radius 2 is 0.759 bits per heavy atom. The van der Waals surface area contributed by atoms with Crippen molar-refractivity contribution >= 4 is 23.9 Å². The molecule has 320 valence electrons. The van der Waals surface area contributed by atoms with E-state index in [0.29, 0.717) is 19.0 Å². The first-order chi connectivity index (χ1) is 25.7. The van der Waals surface area contributed by atoms with Gasteiger partial charge in [-0.05, 0) is 72.1 Å². The predicted molar refractivity (Wildman–Crippen MR) is 214 cm³/mol. The fourth-order valence-electron chi connectivity index (χ4n) is 5.23. The quantitative estimate of drug-likeness (QED) is 0.0244. The molecule has 0 heterocycles. The summed E-state index contributed by atoms with van der Waals surface area (Å²) >= 11 is 0. The van der Waals surface area contributed by atoms with Crippen molar-refractivity contribution in [3.8, 4) is 0 Å². The maximum Gasteiger partial charge on any atom is 1.00 e. The van der Waals surface area contributed by atoms with Crippen LogP contribution in [0, 0.1) is 23.7 Å². The summed E-state index contributed by atoms with van der Waals surface area (Å²) in [5, 5.41) is 8.42. The van der Waals surface area contributed by atoms with Crippen LogP contribution in [0.3, 0.4) is 0 Å². The monoisotopic (exact) mass is 778 g/mol. The average molecular weight is 778 g/mol. The van der Waals surface area contributed by atoms with Crippen LogP contribution >= 0.6 is 0 Å². The Kier molecular flexibility index (Phi) is 38.4.